The maximum absolute atomic E-state index is 2.24. The van der Waals surface area contributed by atoms with Crippen molar-refractivity contribution in [2.75, 3.05) is 0 Å². The molecule has 0 amide bonds. The minimum absolute atomic E-state index is 0.659. The van der Waals surface area contributed by atoms with E-state index < -0.39 is 0 Å². The molecule has 0 saturated carbocycles. The van der Waals surface area contributed by atoms with E-state index in [1.54, 1.807) is 0 Å². The molecule has 2 aromatic carbocycles. The summed E-state index contributed by atoms with van der Waals surface area (Å²) in [5.74, 6) is 1.42. The summed E-state index contributed by atoms with van der Waals surface area (Å²) in [7, 11) is 0. The van der Waals surface area contributed by atoms with E-state index in [1.807, 2.05) is 19.9 Å². The van der Waals surface area contributed by atoms with Gasteiger partial charge < -0.3 is 0 Å². The van der Waals surface area contributed by atoms with Gasteiger partial charge in [0.25, 0.3) is 0 Å². The van der Waals surface area contributed by atoms with Crippen LogP contribution >= 0.6 is 0 Å². The van der Waals surface area contributed by atoms with E-state index in [-0.39, 0.29) is 0 Å². The molecule has 2 rings (SSSR count). The first kappa shape index (κ1) is 19.4. The van der Waals surface area contributed by atoms with Gasteiger partial charge in [0.2, 0.25) is 0 Å². The molecular formula is C21H32. The summed E-state index contributed by atoms with van der Waals surface area (Å²) >= 11 is 0. The molecule has 0 aliphatic heterocycles. The van der Waals surface area contributed by atoms with E-state index >= 15 is 0 Å². The van der Waals surface area contributed by atoms with Crippen molar-refractivity contribution in [2.45, 2.75) is 53.9 Å². The van der Waals surface area contributed by atoms with Crippen molar-refractivity contribution in [2.24, 2.45) is 5.92 Å². The van der Waals surface area contributed by atoms with Crippen LogP contribution in [0.5, 0.6) is 0 Å². The first-order valence-corrected chi connectivity index (χ1v) is 8.18. The number of hydrogen-bond acceptors (Lipinski definition) is 0. The minimum atomic E-state index is 0.659. The molecule has 0 aromatic heterocycles. The maximum Gasteiger partial charge on any atom is -0.0219 e. The lowest BCUT2D eigenvalue weighted by molar-refractivity contribution is 0.647. The summed E-state index contributed by atoms with van der Waals surface area (Å²) < 4.78 is 0. The Morgan fingerprint density at radius 1 is 0.667 bits per heavy atom. The Morgan fingerprint density at radius 3 is 1.43 bits per heavy atom. The van der Waals surface area contributed by atoms with Gasteiger partial charge in [-0.15, -0.1) is 0 Å². The zero-order chi connectivity index (χ0) is 16.1. The van der Waals surface area contributed by atoms with Gasteiger partial charge in [-0.25, -0.2) is 0 Å². The van der Waals surface area contributed by atoms with Gasteiger partial charge in [0.05, 0.1) is 0 Å². The first-order chi connectivity index (χ1) is 10.1. The van der Waals surface area contributed by atoms with Gasteiger partial charge in [0.1, 0.15) is 0 Å². The molecule has 0 saturated heterocycles. The van der Waals surface area contributed by atoms with Crippen molar-refractivity contribution in [3.05, 3.63) is 71.8 Å². The van der Waals surface area contributed by atoms with E-state index in [2.05, 4.69) is 82.3 Å². The SMILES string of the molecule is CC.CC(C)Cc1ccccc1.CC(C)c1ccccc1. The Bertz CT molecular complexity index is 426. The molecule has 0 spiro atoms. The summed E-state index contributed by atoms with van der Waals surface area (Å²) in [4.78, 5) is 0. The van der Waals surface area contributed by atoms with E-state index in [0.717, 1.165) is 5.92 Å². The van der Waals surface area contributed by atoms with Crippen LogP contribution in [0.4, 0.5) is 0 Å². The van der Waals surface area contributed by atoms with E-state index in [1.165, 1.54) is 17.5 Å². The van der Waals surface area contributed by atoms with Crippen LogP contribution in [-0.4, -0.2) is 0 Å². The Labute approximate surface area is 132 Å². The molecule has 116 valence electrons. The van der Waals surface area contributed by atoms with Crippen LogP contribution in [0, 0.1) is 5.92 Å². The largest absolute Gasteiger partial charge is 0.0683 e. The van der Waals surface area contributed by atoms with Crippen molar-refractivity contribution in [1.29, 1.82) is 0 Å². The molecule has 0 atom stereocenters. The van der Waals surface area contributed by atoms with Crippen LogP contribution in [0.15, 0.2) is 60.7 Å². The predicted octanol–water partition coefficient (Wildman–Crippen LogP) is 6.72. The van der Waals surface area contributed by atoms with Gasteiger partial charge in [-0.3, -0.25) is 0 Å². The zero-order valence-electron chi connectivity index (χ0n) is 14.6. The normalized spacial score (nSPS) is 9.52. The molecule has 0 aliphatic rings. The molecular weight excluding hydrogens is 252 g/mol. The second kappa shape index (κ2) is 12.2. The molecule has 2 aromatic rings. The van der Waals surface area contributed by atoms with Crippen molar-refractivity contribution in [1.82, 2.24) is 0 Å². The molecule has 21 heavy (non-hydrogen) atoms. The first-order valence-electron chi connectivity index (χ1n) is 8.18. The molecule has 0 nitrogen and oxygen atoms in total. The fourth-order valence-corrected chi connectivity index (χ4v) is 1.92. The molecule has 0 N–H and O–H groups in total. The quantitative estimate of drug-likeness (QED) is 0.586. The molecule has 0 bridgehead atoms. The Kier molecular flexibility index (Phi) is 11.3. The Balaban J connectivity index is 0.000000342. The second-order valence-corrected chi connectivity index (χ2v) is 5.65. The third-order valence-corrected chi connectivity index (χ3v) is 2.95. The maximum atomic E-state index is 2.24. The summed E-state index contributed by atoms with van der Waals surface area (Å²) in [6, 6.07) is 21.1. The molecule has 0 aliphatic carbocycles. The summed E-state index contributed by atoms with van der Waals surface area (Å²) in [6.45, 7) is 12.9. The lowest BCUT2D eigenvalue weighted by Gasteiger charge is -2.02. The lowest BCUT2D eigenvalue weighted by Crippen LogP contribution is -1.92. The molecule has 0 fully saturated rings. The van der Waals surface area contributed by atoms with Gasteiger partial charge in [0, 0.05) is 0 Å². The highest BCUT2D eigenvalue weighted by atomic mass is 14.0. The highest BCUT2D eigenvalue weighted by Crippen LogP contribution is 2.11. The minimum Gasteiger partial charge on any atom is -0.0683 e. The molecule has 0 heterocycles. The monoisotopic (exact) mass is 284 g/mol. The predicted molar refractivity (Wildman–Crippen MR) is 96.9 cm³/mol. The summed E-state index contributed by atoms with van der Waals surface area (Å²) in [6.07, 6.45) is 1.20. The zero-order valence-corrected chi connectivity index (χ0v) is 14.6. The van der Waals surface area contributed by atoms with Crippen LogP contribution in [-0.2, 0) is 6.42 Å². The van der Waals surface area contributed by atoms with Gasteiger partial charge >= 0.3 is 0 Å². The van der Waals surface area contributed by atoms with Crippen molar-refractivity contribution in [3.8, 4) is 0 Å². The molecule has 0 radical (unpaired) electrons. The van der Waals surface area contributed by atoms with E-state index in [9.17, 15) is 0 Å². The smallest absolute Gasteiger partial charge is 0.0219 e. The van der Waals surface area contributed by atoms with Crippen LogP contribution in [0.2, 0.25) is 0 Å². The number of rotatable bonds is 3. The van der Waals surface area contributed by atoms with Gasteiger partial charge in [-0.2, -0.15) is 0 Å². The Morgan fingerprint density at radius 2 is 1.10 bits per heavy atom. The van der Waals surface area contributed by atoms with Crippen LogP contribution in [0.1, 0.15) is 58.6 Å². The topological polar surface area (TPSA) is 0 Å². The standard InChI is InChI=1S/C10H14.C9H12.C2H6/c1-9(2)8-10-6-4-3-5-7-10;1-8(2)9-6-4-3-5-7-9;1-2/h3-7,9H,8H2,1-2H3;3-8H,1-2H3;1-2H3. The summed E-state index contributed by atoms with van der Waals surface area (Å²) in [5.41, 5.74) is 2.86. The van der Waals surface area contributed by atoms with Crippen molar-refractivity contribution >= 4 is 0 Å². The van der Waals surface area contributed by atoms with E-state index in [0.29, 0.717) is 5.92 Å². The Hall–Kier alpha value is -1.56. The van der Waals surface area contributed by atoms with Crippen molar-refractivity contribution < 1.29 is 0 Å². The number of hydrogen-bond donors (Lipinski definition) is 0. The summed E-state index contributed by atoms with van der Waals surface area (Å²) in [5, 5.41) is 0. The van der Waals surface area contributed by atoms with Gasteiger partial charge in [0.15, 0.2) is 0 Å². The lowest BCUT2D eigenvalue weighted by atomic mass is 10.0. The third-order valence-electron chi connectivity index (χ3n) is 2.95. The van der Waals surface area contributed by atoms with Crippen LogP contribution < -0.4 is 0 Å². The van der Waals surface area contributed by atoms with Crippen LogP contribution in [0.25, 0.3) is 0 Å². The highest BCUT2D eigenvalue weighted by molar-refractivity contribution is 5.17. The average Bonchev–Trinajstić information content (AvgIpc) is 2.51. The average molecular weight is 284 g/mol. The van der Waals surface area contributed by atoms with Crippen LogP contribution in [0.3, 0.4) is 0 Å². The molecule has 0 unspecified atom stereocenters. The molecule has 0 heteroatoms. The second-order valence-electron chi connectivity index (χ2n) is 5.65. The third kappa shape index (κ3) is 9.90. The van der Waals surface area contributed by atoms with Crippen molar-refractivity contribution in [3.63, 3.8) is 0 Å². The van der Waals surface area contributed by atoms with Gasteiger partial charge in [-0.05, 0) is 29.4 Å². The van der Waals surface area contributed by atoms with E-state index in [4.69, 9.17) is 0 Å². The number of benzene rings is 2. The fraction of sp³-hybridized carbons (Fsp3) is 0.429. The highest BCUT2D eigenvalue weighted by Gasteiger charge is 1.94. The fourth-order valence-electron chi connectivity index (χ4n) is 1.92. The van der Waals surface area contributed by atoms with Gasteiger partial charge in [-0.1, -0.05) is 102 Å².